The minimum Gasteiger partial charge on any atom is -0.336 e. The predicted molar refractivity (Wildman–Crippen MR) is 92.4 cm³/mol. The zero-order valence-electron chi connectivity index (χ0n) is 13.3. The molecule has 0 saturated heterocycles. The Morgan fingerprint density at radius 2 is 1.92 bits per heavy atom. The van der Waals surface area contributed by atoms with E-state index in [9.17, 15) is 14.0 Å². The van der Waals surface area contributed by atoms with E-state index < -0.39 is 0 Å². The van der Waals surface area contributed by atoms with E-state index in [0.717, 1.165) is 0 Å². The summed E-state index contributed by atoms with van der Waals surface area (Å²) in [5.41, 5.74) is 1.06. The highest BCUT2D eigenvalue weighted by atomic mass is 35.5. The molecule has 0 fully saturated rings. The van der Waals surface area contributed by atoms with E-state index in [1.165, 1.54) is 11.0 Å². The normalized spacial score (nSPS) is 10.3. The van der Waals surface area contributed by atoms with Gasteiger partial charge in [0.15, 0.2) is 0 Å². The summed E-state index contributed by atoms with van der Waals surface area (Å²) in [5, 5.41) is 3.19. The molecule has 0 aliphatic heterocycles. The molecule has 2 aromatic carbocycles. The molecule has 0 bridgehead atoms. The van der Waals surface area contributed by atoms with Gasteiger partial charge in [-0.3, -0.25) is 9.59 Å². The molecule has 2 amide bonds. The number of aryl methyl sites for hydroxylation is 1. The fourth-order valence-corrected chi connectivity index (χ4v) is 2.39. The maximum atomic E-state index is 13.5. The van der Waals surface area contributed by atoms with Crippen LogP contribution in [0.4, 0.5) is 10.1 Å². The lowest BCUT2D eigenvalue weighted by Gasteiger charge is -2.17. The van der Waals surface area contributed by atoms with Crippen molar-refractivity contribution >= 4 is 29.1 Å². The number of amides is 2. The second-order valence-electron chi connectivity index (χ2n) is 5.40. The molecular weight excluding hydrogens is 331 g/mol. The van der Waals surface area contributed by atoms with Gasteiger partial charge in [0, 0.05) is 24.2 Å². The number of anilines is 1. The van der Waals surface area contributed by atoms with Crippen LogP contribution in [0.5, 0.6) is 0 Å². The monoisotopic (exact) mass is 348 g/mol. The smallest absolute Gasteiger partial charge is 0.243 e. The SMILES string of the molecule is CN(CC(=O)Nc1cccc(Cl)c1)C(=O)CCc1ccccc1F. The summed E-state index contributed by atoms with van der Waals surface area (Å²) in [6, 6.07) is 13.1. The summed E-state index contributed by atoms with van der Waals surface area (Å²) < 4.78 is 13.5. The Bertz CT molecular complexity index is 736. The molecule has 0 heterocycles. The first-order chi connectivity index (χ1) is 11.5. The molecule has 1 N–H and O–H groups in total. The molecule has 6 heteroatoms. The average Bonchev–Trinajstić information content (AvgIpc) is 2.53. The molecule has 0 aliphatic rings. The van der Waals surface area contributed by atoms with Crippen molar-refractivity contribution in [1.29, 1.82) is 0 Å². The van der Waals surface area contributed by atoms with Gasteiger partial charge < -0.3 is 10.2 Å². The Morgan fingerprint density at radius 3 is 2.62 bits per heavy atom. The molecule has 2 aromatic rings. The number of nitrogens with one attached hydrogen (secondary N) is 1. The molecule has 0 atom stereocenters. The fraction of sp³-hybridized carbons (Fsp3) is 0.222. The number of carbonyl (C=O) groups is 2. The van der Waals surface area contributed by atoms with Crippen molar-refractivity contribution in [2.75, 3.05) is 18.9 Å². The maximum absolute atomic E-state index is 13.5. The van der Waals surface area contributed by atoms with E-state index in [1.807, 2.05) is 0 Å². The highest BCUT2D eigenvalue weighted by Gasteiger charge is 2.14. The lowest BCUT2D eigenvalue weighted by atomic mass is 10.1. The molecule has 0 unspecified atom stereocenters. The van der Waals surface area contributed by atoms with Gasteiger partial charge in [-0.1, -0.05) is 35.9 Å². The molecule has 0 aliphatic carbocycles. The van der Waals surface area contributed by atoms with Crippen LogP contribution >= 0.6 is 11.6 Å². The number of hydrogen-bond acceptors (Lipinski definition) is 2. The van der Waals surface area contributed by atoms with Crippen LogP contribution in [-0.2, 0) is 16.0 Å². The van der Waals surface area contributed by atoms with Crippen LogP contribution in [0.15, 0.2) is 48.5 Å². The first-order valence-electron chi connectivity index (χ1n) is 7.48. The van der Waals surface area contributed by atoms with Crippen LogP contribution in [0.1, 0.15) is 12.0 Å². The summed E-state index contributed by atoms with van der Waals surface area (Å²) in [5.74, 6) is -0.870. The van der Waals surface area contributed by atoms with Crippen LogP contribution in [-0.4, -0.2) is 30.3 Å². The number of hydrogen-bond donors (Lipinski definition) is 1. The predicted octanol–water partition coefficient (Wildman–Crippen LogP) is 3.51. The van der Waals surface area contributed by atoms with E-state index in [2.05, 4.69) is 5.32 Å². The number of carbonyl (C=O) groups excluding carboxylic acids is 2. The van der Waals surface area contributed by atoms with Gasteiger partial charge in [-0.25, -0.2) is 4.39 Å². The Hall–Kier alpha value is -2.40. The minimum absolute atomic E-state index is 0.0807. The number of rotatable bonds is 6. The first-order valence-corrected chi connectivity index (χ1v) is 7.86. The van der Waals surface area contributed by atoms with E-state index in [-0.39, 0.29) is 30.6 Å². The molecule has 0 spiro atoms. The summed E-state index contributed by atoms with van der Waals surface area (Å²) in [6.07, 6.45) is 0.438. The third-order valence-electron chi connectivity index (χ3n) is 3.48. The molecule has 0 aromatic heterocycles. The summed E-state index contributed by atoms with van der Waals surface area (Å²) in [7, 11) is 1.54. The van der Waals surface area contributed by atoms with Gasteiger partial charge in [0.05, 0.1) is 6.54 Å². The zero-order chi connectivity index (χ0) is 17.5. The van der Waals surface area contributed by atoms with Crippen LogP contribution in [0, 0.1) is 5.82 Å². The van der Waals surface area contributed by atoms with Gasteiger partial charge in [0.2, 0.25) is 11.8 Å². The van der Waals surface area contributed by atoms with Crippen molar-refractivity contribution in [3.05, 3.63) is 64.9 Å². The maximum Gasteiger partial charge on any atom is 0.243 e. The van der Waals surface area contributed by atoms with Crippen molar-refractivity contribution in [1.82, 2.24) is 4.90 Å². The lowest BCUT2D eigenvalue weighted by Crippen LogP contribution is -2.35. The summed E-state index contributed by atoms with van der Waals surface area (Å²) in [4.78, 5) is 25.4. The molecule has 4 nitrogen and oxygen atoms in total. The lowest BCUT2D eigenvalue weighted by molar-refractivity contribution is -0.133. The fourth-order valence-electron chi connectivity index (χ4n) is 2.20. The summed E-state index contributed by atoms with van der Waals surface area (Å²) in [6.45, 7) is -0.0807. The number of nitrogens with zero attached hydrogens (tertiary/aromatic N) is 1. The van der Waals surface area contributed by atoms with Gasteiger partial charge in [0.25, 0.3) is 0 Å². The van der Waals surface area contributed by atoms with E-state index in [0.29, 0.717) is 22.7 Å². The van der Waals surface area contributed by atoms with Crippen molar-refractivity contribution in [2.24, 2.45) is 0 Å². The Morgan fingerprint density at radius 1 is 1.17 bits per heavy atom. The van der Waals surface area contributed by atoms with E-state index in [4.69, 9.17) is 11.6 Å². The van der Waals surface area contributed by atoms with Crippen LogP contribution in [0.2, 0.25) is 5.02 Å². The molecule has 2 rings (SSSR count). The van der Waals surface area contributed by atoms with Crippen molar-refractivity contribution in [2.45, 2.75) is 12.8 Å². The highest BCUT2D eigenvalue weighted by Crippen LogP contribution is 2.15. The topological polar surface area (TPSA) is 49.4 Å². The van der Waals surface area contributed by atoms with Crippen molar-refractivity contribution < 1.29 is 14.0 Å². The average molecular weight is 349 g/mol. The largest absolute Gasteiger partial charge is 0.336 e. The molecular formula is C18H18ClFN2O2. The minimum atomic E-state index is -0.327. The summed E-state index contributed by atoms with van der Waals surface area (Å²) >= 11 is 5.85. The molecule has 0 radical (unpaired) electrons. The van der Waals surface area contributed by atoms with Gasteiger partial charge in [0.1, 0.15) is 5.82 Å². The zero-order valence-corrected chi connectivity index (χ0v) is 14.0. The Balaban J connectivity index is 1.82. The van der Waals surface area contributed by atoms with E-state index in [1.54, 1.807) is 49.5 Å². The molecule has 0 saturated carbocycles. The first kappa shape index (κ1) is 17.9. The number of likely N-dealkylation sites (N-methyl/N-ethyl adjacent to an activating group) is 1. The quantitative estimate of drug-likeness (QED) is 0.868. The van der Waals surface area contributed by atoms with Crippen LogP contribution in [0.25, 0.3) is 0 Å². The molecule has 24 heavy (non-hydrogen) atoms. The van der Waals surface area contributed by atoms with Crippen molar-refractivity contribution in [3.8, 4) is 0 Å². The third-order valence-corrected chi connectivity index (χ3v) is 3.72. The third kappa shape index (κ3) is 5.35. The van der Waals surface area contributed by atoms with Crippen molar-refractivity contribution in [3.63, 3.8) is 0 Å². The van der Waals surface area contributed by atoms with Gasteiger partial charge in [-0.05, 0) is 36.2 Å². The van der Waals surface area contributed by atoms with Crippen LogP contribution < -0.4 is 5.32 Å². The number of benzene rings is 2. The van der Waals surface area contributed by atoms with Gasteiger partial charge in [-0.2, -0.15) is 0 Å². The molecule has 126 valence electrons. The van der Waals surface area contributed by atoms with Crippen LogP contribution in [0.3, 0.4) is 0 Å². The van der Waals surface area contributed by atoms with E-state index >= 15 is 0 Å². The van der Waals surface area contributed by atoms with Gasteiger partial charge >= 0.3 is 0 Å². The number of halogens is 2. The Labute approximate surface area is 145 Å². The standard InChI is InChI=1S/C18H18ClFN2O2/c1-22(12-17(23)21-15-7-4-6-14(19)11-15)18(24)10-9-13-5-2-3-8-16(13)20/h2-8,11H,9-10,12H2,1H3,(H,21,23). The second kappa shape index (κ2) is 8.45. The Kier molecular flexibility index (Phi) is 6.32. The second-order valence-corrected chi connectivity index (χ2v) is 5.84. The van der Waals surface area contributed by atoms with Gasteiger partial charge in [-0.15, -0.1) is 0 Å². The highest BCUT2D eigenvalue weighted by molar-refractivity contribution is 6.30.